The van der Waals surface area contributed by atoms with Gasteiger partial charge in [0.1, 0.15) is 6.54 Å². The molecule has 23 heavy (non-hydrogen) atoms. The Labute approximate surface area is 137 Å². The lowest BCUT2D eigenvalue weighted by atomic mass is 10.2. The van der Waals surface area contributed by atoms with Crippen molar-refractivity contribution in [1.29, 1.82) is 0 Å². The largest absolute Gasteiger partial charge is 0.325 e. The Hall–Kier alpha value is -2.34. The van der Waals surface area contributed by atoms with E-state index in [1.54, 1.807) is 18.2 Å². The van der Waals surface area contributed by atoms with Gasteiger partial charge in [-0.3, -0.25) is 9.10 Å². The summed E-state index contributed by atoms with van der Waals surface area (Å²) in [6, 6.07) is 14.4. The molecule has 0 aliphatic heterocycles. The maximum Gasteiger partial charge on any atom is 0.245 e. The molecule has 6 heteroatoms. The molecule has 1 N–H and O–H groups in total. The van der Waals surface area contributed by atoms with E-state index >= 15 is 0 Å². The predicted octanol–water partition coefficient (Wildman–Crippen LogP) is 2.71. The molecule has 0 aliphatic rings. The van der Waals surface area contributed by atoms with Crippen LogP contribution in [-0.2, 0) is 14.8 Å². The number of aryl methyl sites for hydroxylation is 2. The van der Waals surface area contributed by atoms with Crippen LogP contribution in [0.1, 0.15) is 11.1 Å². The van der Waals surface area contributed by atoms with Gasteiger partial charge in [-0.05, 0) is 43.2 Å². The summed E-state index contributed by atoms with van der Waals surface area (Å²) in [5.41, 5.74) is 2.96. The number of anilines is 2. The standard InChI is InChI=1S/C17H20N2O3S/c1-13-7-6-9-15(11-13)18-17(20)12-19(23(3,21)22)16-10-5-4-8-14(16)2/h4-11H,12H2,1-3H3,(H,18,20). The summed E-state index contributed by atoms with van der Waals surface area (Å²) in [5.74, 6) is -0.385. The van der Waals surface area contributed by atoms with Crippen LogP contribution in [0.25, 0.3) is 0 Å². The normalized spacial score (nSPS) is 11.1. The van der Waals surface area contributed by atoms with Crippen LogP contribution < -0.4 is 9.62 Å². The first-order chi connectivity index (χ1) is 10.8. The minimum absolute atomic E-state index is 0.266. The van der Waals surface area contributed by atoms with Crippen molar-refractivity contribution in [2.45, 2.75) is 13.8 Å². The van der Waals surface area contributed by atoms with Gasteiger partial charge in [0.05, 0.1) is 11.9 Å². The molecule has 0 atom stereocenters. The van der Waals surface area contributed by atoms with Gasteiger partial charge in [-0.2, -0.15) is 0 Å². The SMILES string of the molecule is Cc1cccc(NC(=O)CN(c2ccccc2C)S(C)(=O)=O)c1. The highest BCUT2D eigenvalue weighted by Gasteiger charge is 2.22. The number of benzene rings is 2. The van der Waals surface area contributed by atoms with Gasteiger partial charge in [0.15, 0.2) is 0 Å². The van der Waals surface area contributed by atoms with Crippen molar-refractivity contribution in [2.75, 3.05) is 22.4 Å². The summed E-state index contributed by atoms with van der Waals surface area (Å²) < 4.78 is 25.3. The number of amides is 1. The second kappa shape index (κ2) is 6.83. The first kappa shape index (κ1) is 17.0. The quantitative estimate of drug-likeness (QED) is 0.915. The number of hydrogen-bond acceptors (Lipinski definition) is 3. The van der Waals surface area contributed by atoms with Gasteiger partial charge in [-0.15, -0.1) is 0 Å². The molecule has 1 amide bonds. The number of nitrogens with zero attached hydrogens (tertiary/aromatic N) is 1. The number of sulfonamides is 1. The van der Waals surface area contributed by atoms with E-state index in [-0.39, 0.29) is 12.5 Å². The predicted molar refractivity (Wildman–Crippen MR) is 93.2 cm³/mol. The third kappa shape index (κ3) is 4.56. The lowest BCUT2D eigenvalue weighted by molar-refractivity contribution is -0.114. The summed E-state index contributed by atoms with van der Waals surface area (Å²) >= 11 is 0. The van der Waals surface area contributed by atoms with Gasteiger partial charge in [0.2, 0.25) is 15.9 Å². The average molecular weight is 332 g/mol. The fourth-order valence-corrected chi connectivity index (χ4v) is 3.19. The van der Waals surface area contributed by atoms with Crippen LogP contribution in [0.5, 0.6) is 0 Å². The third-order valence-corrected chi connectivity index (χ3v) is 4.50. The molecule has 2 aromatic rings. The highest BCUT2D eigenvalue weighted by molar-refractivity contribution is 7.92. The van der Waals surface area contributed by atoms with E-state index in [0.717, 1.165) is 21.7 Å². The van der Waals surface area contributed by atoms with Crippen LogP contribution >= 0.6 is 0 Å². The van der Waals surface area contributed by atoms with Crippen LogP contribution in [0.2, 0.25) is 0 Å². The Kier molecular flexibility index (Phi) is 5.05. The molecule has 0 aliphatic carbocycles. The molecule has 0 unspecified atom stereocenters. The molecule has 0 bridgehead atoms. The molecule has 0 fully saturated rings. The van der Waals surface area contributed by atoms with E-state index in [4.69, 9.17) is 0 Å². The van der Waals surface area contributed by atoms with Crippen molar-refractivity contribution in [3.8, 4) is 0 Å². The van der Waals surface area contributed by atoms with Crippen molar-refractivity contribution in [1.82, 2.24) is 0 Å². The highest BCUT2D eigenvalue weighted by Crippen LogP contribution is 2.22. The van der Waals surface area contributed by atoms with E-state index in [1.165, 1.54) is 0 Å². The molecule has 2 rings (SSSR count). The van der Waals surface area contributed by atoms with Gasteiger partial charge in [0.25, 0.3) is 0 Å². The van der Waals surface area contributed by atoms with Crippen molar-refractivity contribution < 1.29 is 13.2 Å². The van der Waals surface area contributed by atoms with Crippen LogP contribution in [0.4, 0.5) is 11.4 Å². The second-order valence-electron chi connectivity index (χ2n) is 5.47. The molecule has 0 saturated carbocycles. The zero-order valence-corrected chi connectivity index (χ0v) is 14.2. The number of carbonyl (C=O) groups excluding carboxylic acids is 1. The van der Waals surface area contributed by atoms with Crippen molar-refractivity contribution in [3.63, 3.8) is 0 Å². The lowest BCUT2D eigenvalue weighted by Crippen LogP contribution is -2.37. The van der Waals surface area contributed by atoms with Crippen molar-refractivity contribution in [2.24, 2.45) is 0 Å². The number of para-hydroxylation sites is 1. The Balaban J connectivity index is 2.22. The van der Waals surface area contributed by atoms with Gasteiger partial charge in [-0.1, -0.05) is 30.3 Å². The zero-order valence-electron chi connectivity index (χ0n) is 13.4. The Morgan fingerprint density at radius 1 is 1.09 bits per heavy atom. The zero-order chi connectivity index (χ0) is 17.0. The van der Waals surface area contributed by atoms with Crippen molar-refractivity contribution in [3.05, 3.63) is 59.7 Å². The van der Waals surface area contributed by atoms with E-state index in [2.05, 4.69) is 5.32 Å². The molecule has 0 radical (unpaired) electrons. The smallest absolute Gasteiger partial charge is 0.245 e. The summed E-state index contributed by atoms with van der Waals surface area (Å²) in [4.78, 5) is 12.2. The highest BCUT2D eigenvalue weighted by atomic mass is 32.2. The number of hydrogen-bond donors (Lipinski definition) is 1. The van der Waals surface area contributed by atoms with E-state index < -0.39 is 10.0 Å². The monoisotopic (exact) mass is 332 g/mol. The van der Waals surface area contributed by atoms with E-state index in [0.29, 0.717) is 11.4 Å². The molecule has 2 aromatic carbocycles. The maximum absolute atomic E-state index is 12.2. The van der Waals surface area contributed by atoms with Crippen LogP contribution in [0.3, 0.4) is 0 Å². The molecule has 5 nitrogen and oxygen atoms in total. The summed E-state index contributed by atoms with van der Waals surface area (Å²) in [6.45, 7) is 3.47. The Morgan fingerprint density at radius 2 is 1.78 bits per heavy atom. The Bertz CT molecular complexity index is 816. The van der Waals surface area contributed by atoms with E-state index in [9.17, 15) is 13.2 Å². The third-order valence-electron chi connectivity index (χ3n) is 3.37. The van der Waals surface area contributed by atoms with E-state index in [1.807, 2.05) is 44.2 Å². The molecule has 0 spiro atoms. The summed E-state index contributed by atoms with van der Waals surface area (Å²) in [6.07, 6.45) is 1.10. The average Bonchev–Trinajstić information content (AvgIpc) is 2.44. The molecule has 0 heterocycles. The number of rotatable bonds is 5. The van der Waals surface area contributed by atoms with Gasteiger partial charge >= 0.3 is 0 Å². The summed E-state index contributed by atoms with van der Waals surface area (Å²) in [7, 11) is -3.56. The van der Waals surface area contributed by atoms with Crippen LogP contribution in [0.15, 0.2) is 48.5 Å². The van der Waals surface area contributed by atoms with Crippen LogP contribution in [-0.4, -0.2) is 27.1 Å². The number of carbonyl (C=O) groups is 1. The first-order valence-electron chi connectivity index (χ1n) is 7.17. The minimum Gasteiger partial charge on any atom is -0.325 e. The molecular weight excluding hydrogens is 312 g/mol. The summed E-state index contributed by atoms with van der Waals surface area (Å²) in [5, 5.41) is 2.73. The topological polar surface area (TPSA) is 66.5 Å². The molecule has 122 valence electrons. The fourth-order valence-electron chi connectivity index (χ4n) is 2.28. The van der Waals surface area contributed by atoms with Gasteiger partial charge in [-0.25, -0.2) is 8.42 Å². The Morgan fingerprint density at radius 3 is 2.39 bits per heavy atom. The molecular formula is C17H20N2O3S. The molecule has 0 saturated heterocycles. The molecule has 0 aromatic heterocycles. The van der Waals surface area contributed by atoms with Crippen LogP contribution in [0, 0.1) is 13.8 Å². The van der Waals surface area contributed by atoms with Gasteiger partial charge < -0.3 is 5.32 Å². The van der Waals surface area contributed by atoms with Crippen molar-refractivity contribution >= 4 is 27.3 Å². The lowest BCUT2D eigenvalue weighted by Gasteiger charge is -2.23. The minimum atomic E-state index is -3.56. The maximum atomic E-state index is 12.2. The second-order valence-corrected chi connectivity index (χ2v) is 7.38. The number of nitrogens with one attached hydrogen (secondary N) is 1. The fraction of sp³-hybridized carbons (Fsp3) is 0.235. The first-order valence-corrected chi connectivity index (χ1v) is 9.02. The van der Waals surface area contributed by atoms with Gasteiger partial charge in [0, 0.05) is 5.69 Å².